The Bertz CT molecular complexity index is 831. The predicted molar refractivity (Wildman–Crippen MR) is 98.5 cm³/mol. The molecule has 1 saturated heterocycles. The molecule has 1 amide bonds. The Labute approximate surface area is 157 Å². The molecule has 1 N–H and O–H groups in total. The molecule has 1 atom stereocenters. The van der Waals surface area contributed by atoms with E-state index >= 15 is 0 Å². The van der Waals surface area contributed by atoms with Crippen LogP contribution in [0, 0.1) is 0 Å². The number of anilines is 1. The number of morpholine rings is 1. The quantitative estimate of drug-likeness (QED) is 0.821. The van der Waals surface area contributed by atoms with E-state index in [2.05, 4.69) is 15.2 Å². The van der Waals surface area contributed by atoms with Gasteiger partial charge in [-0.05, 0) is 23.3 Å². The SMILES string of the molecule is O=C1O[C@H](C(=O)NCc2ccc(N3CCOCC3)nc2)Cc2ccccc21. The molecule has 7 nitrogen and oxygen atoms in total. The number of amides is 1. The lowest BCUT2D eigenvalue weighted by Crippen LogP contribution is -2.41. The van der Waals surface area contributed by atoms with Crippen molar-refractivity contribution in [3.8, 4) is 0 Å². The summed E-state index contributed by atoms with van der Waals surface area (Å²) in [5.74, 6) is 0.162. The molecule has 4 rings (SSSR count). The van der Waals surface area contributed by atoms with Gasteiger partial charge in [-0.3, -0.25) is 4.79 Å². The van der Waals surface area contributed by atoms with Crippen LogP contribution < -0.4 is 10.2 Å². The van der Waals surface area contributed by atoms with Gasteiger partial charge in [0.1, 0.15) is 5.82 Å². The van der Waals surface area contributed by atoms with E-state index in [4.69, 9.17) is 9.47 Å². The van der Waals surface area contributed by atoms with Crippen molar-refractivity contribution >= 4 is 17.7 Å². The highest BCUT2D eigenvalue weighted by molar-refractivity contribution is 5.95. The number of pyridine rings is 1. The minimum atomic E-state index is -0.798. The molecular formula is C20H21N3O4. The zero-order valence-corrected chi connectivity index (χ0v) is 14.9. The molecule has 0 radical (unpaired) electrons. The molecule has 3 heterocycles. The Morgan fingerprint density at radius 1 is 1.19 bits per heavy atom. The molecule has 1 aromatic heterocycles. The number of benzene rings is 1. The highest BCUT2D eigenvalue weighted by Crippen LogP contribution is 2.20. The Balaban J connectivity index is 1.33. The van der Waals surface area contributed by atoms with Crippen LogP contribution in [-0.2, 0) is 27.2 Å². The van der Waals surface area contributed by atoms with E-state index in [1.165, 1.54) is 0 Å². The van der Waals surface area contributed by atoms with Crippen molar-refractivity contribution in [1.29, 1.82) is 0 Å². The van der Waals surface area contributed by atoms with Crippen LogP contribution in [0.2, 0.25) is 0 Å². The standard InChI is InChI=1S/C20H21N3O4/c24-19(17-11-15-3-1-2-4-16(15)20(25)27-17)22-13-14-5-6-18(21-12-14)23-7-9-26-10-8-23/h1-6,12,17H,7-11,13H2,(H,22,24)/t17-/m0/s1. The Morgan fingerprint density at radius 3 is 2.78 bits per heavy atom. The fourth-order valence-electron chi connectivity index (χ4n) is 3.28. The van der Waals surface area contributed by atoms with Gasteiger partial charge in [0.15, 0.2) is 6.10 Å². The number of cyclic esters (lactones) is 1. The van der Waals surface area contributed by atoms with Crippen molar-refractivity contribution < 1.29 is 19.1 Å². The molecule has 0 saturated carbocycles. The van der Waals surface area contributed by atoms with Crippen LogP contribution in [0.3, 0.4) is 0 Å². The molecule has 7 heteroatoms. The smallest absolute Gasteiger partial charge is 0.339 e. The van der Waals surface area contributed by atoms with Gasteiger partial charge < -0.3 is 19.7 Å². The van der Waals surface area contributed by atoms with Crippen LogP contribution in [0.5, 0.6) is 0 Å². The van der Waals surface area contributed by atoms with Gasteiger partial charge in [-0.2, -0.15) is 0 Å². The Hall–Kier alpha value is -2.93. The second kappa shape index (κ2) is 7.75. The molecule has 0 aliphatic carbocycles. The maximum Gasteiger partial charge on any atom is 0.339 e. The Kier molecular flexibility index (Phi) is 5.02. The summed E-state index contributed by atoms with van der Waals surface area (Å²) in [6.45, 7) is 3.42. The first-order valence-corrected chi connectivity index (χ1v) is 9.05. The number of fused-ring (bicyclic) bond motifs is 1. The minimum Gasteiger partial charge on any atom is -0.448 e. The first-order chi connectivity index (χ1) is 13.2. The summed E-state index contributed by atoms with van der Waals surface area (Å²) < 4.78 is 10.6. The van der Waals surface area contributed by atoms with Crippen LogP contribution in [0.15, 0.2) is 42.6 Å². The maximum absolute atomic E-state index is 12.4. The number of esters is 1. The summed E-state index contributed by atoms with van der Waals surface area (Å²) in [5, 5.41) is 2.83. The summed E-state index contributed by atoms with van der Waals surface area (Å²) in [4.78, 5) is 31.1. The van der Waals surface area contributed by atoms with Crippen molar-refractivity contribution in [3.05, 3.63) is 59.3 Å². The van der Waals surface area contributed by atoms with E-state index in [9.17, 15) is 9.59 Å². The summed E-state index contributed by atoms with van der Waals surface area (Å²) >= 11 is 0. The lowest BCUT2D eigenvalue weighted by Gasteiger charge is -2.27. The van der Waals surface area contributed by atoms with Crippen molar-refractivity contribution in [2.75, 3.05) is 31.2 Å². The van der Waals surface area contributed by atoms with Crippen molar-refractivity contribution in [3.63, 3.8) is 0 Å². The molecule has 2 aliphatic rings. The number of carbonyl (C=O) groups is 2. The van der Waals surface area contributed by atoms with E-state index in [0.29, 0.717) is 31.7 Å². The van der Waals surface area contributed by atoms with E-state index in [1.807, 2.05) is 24.3 Å². The predicted octanol–water partition coefficient (Wildman–Crippen LogP) is 1.32. The third-order valence-electron chi connectivity index (χ3n) is 4.80. The van der Waals surface area contributed by atoms with Crippen LogP contribution in [-0.4, -0.2) is 49.3 Å². The summed E-state index contributed by atoms with van der Waals surface area (Å²) in [7, 11) is 0. The first kappa shape index (κ1) is 17.5. The van der Waals surface area contributed by atoms with E-state index in [-0.39, 0.29) is 5.91 Å². The fourth-order valence-corrected chi connectivity index (χ4v) is 3.28. The molecule has 2 aromatic rings. The van der Waals surface area contributed by atoms with E-state index in [1.54, 1.807) is 18.3 Å². The third kappa shape index (κ3) is 3.93. The van der Waals surface area contributed by atoms with Gasteiger partial charge in [0.05, 0.1) is 18.8 Å². The molecule has 2 aliphatic heterocycles. The molecule has 1 aromatic carbocycles. The van der Waals surface area contributed by atoms with E-state index in [0.717, 1.165) is 30.0 Å². The number of rotatable bonds is 4. The summed E-state index contributed by atoms with van der Waals surface area (Å²) in [6.07, 6.45) is 1.35. The number of ether oxygens (including phenoxy) is 2. The Morgan fingerprint density at radius 2 is 2.00 bits per heavy atom. The van der Waals surface area contributed by atoms with Crippen LogP contribution in [0.4, 0.5) is 5.82 Å². The van der Waals surface area contributed by atoms with Gasteiger partial charge in [0, 0.05) is 32.3 Å². The number of aromatic nitrogens is 1. The monoisotopic (exact) mass is 367 g/mol. The molecule has 140 valence electrons. The number of nitrogens with one attached hydrogen (secondary N) is 1. The topological polar surface area (TPSA) is 80.8 Å². The maximum atomic E-state index is 12.4. The van der Waals surface area contributed by atoms with Gasteiger partial charge in [0.25, 0.3) is 5.91 Å². The van der Waals surface area contributed by atoms with Gasteiger partial charge in [-0.25, -0.2) is 9.78 Å². The largest absolute Gasteiger partial charge is 0.448 e. The van der Waals surface area contributed by atoms with Crippen LogP contribution >= 0.6 is 0 Å². The van der Waals surface area contributed by atoms with Crippen LogP contribution in [0.1, 0.15) is 21.5 Å². The van der Waals surface area contributed by atoms with Gasteiger partial charge >= 0.3 is 5.97 Å². The fraction of sp³-hybridized carbons (Fsp3) is 0.350. The number of carbonyl (C=O) groups excluding carboxylic acids is 2. The number of hydrogen-bond acceptors (Lipinski definition) is 6. The first-order valence-electron chi connectivity index (χ1n) is 9.05. The van der Waals surface area contributed by atoms with E-state index < -0.39 is 12.1 Å². The summed E-state index contributed by atoms with van der Waals surface area (Å²) in [5.41, 5.74) is 2.26. The average Bonchev–Trinajstić information content (AvgIpc) is 2.73. The van der Waals surface area contributed by atoms with Gasteiger partial charge in [-0.15, -0.1) is 0 Å². The highest BCUT2D eigenvalue weighted by atomic mass is 16.5. The zero-order valence-electron chi connectivity index (χ0n) is 14.9. The van der Waals surface area contributed by atoms with Crippen molar-refractivity contribution in [2.45, 2.75) is 19.1 Å². The van der Waals surface area contributed by atoms with Crippen LogP contribution in [0.25, 0.3) is 0 Å². The molecule has 0 spiro atoms. The second-order valence-electron chi connectivity index (χ2n) is 6.60. The second-order valence-corrected chi connectivity index (χ2v) is 6.60. The van der Waals surface area contributed by atoms with Gasteiger partial charge in [-0.1, -0.05) is 24.3 Å². The van der Waals surface area contributed by atoms with Gasteiger partial charge in [0.2, 0.25) is 0 Å². The molecule has 0 unspecified atom stereocenters. The zero-order chi connectivity index (χ0) is 18.6. The molecule has 0 bridgehead atoms. The minimum absolute atomic E-state index is 0.296. The number of hydrogen-bond donors (Lipinski definition) is 1. The summed E-state index contributed by atoms with van der Waals surface area (Å²) in [6, 6.07) is 11.1. The van der Waals surface area contributed by atoms with Crippen molar-refractivity contribution in [1.82, 2.24) is 10.3 Å². The number of nitrogens with zero attached hydrogens (tertiary/aromatic N) is 2. The lowest BCUT2D eigenvalue weighted by molar-refractivity contribution is -0.130. The normalized spacial score (nSPS) is 19.2. The third-order valence-corrected chi connectivity index (χ3v) is 4.80. The highest BCUT2D eigenvalue weighted by Gasteiger charge is 2.30. The average molecular weight is 367 g/mol. The molecule has 1 fully saturated rings. The lowest BCUT2D eigenvalue weighted by atomic mass is 9.98. The molecule has 27 heavy (non-hydrogen) atoms. The molecular weight excluding hydrogens is 346 g/mol. The van der Waals surface area contributed by atoms with Crippen molar-refractivity contribution in [2.24, 2.45) is 0 Å².